The van der Waals surface area contributed by atoms with Crippen molar-refractivity contribution in [2.45, 2.75) is 26.2 Å². The highest BCUT2D eigenvalue weighted by Crippen LogP contribution is 2.29. The molecular formula is C14H22N2O2. The van der Waals surface area contributed by atoms with Crippen molar-refractivity contribution in [3.8, 4) is 0 Å². The zero-order chi connectivity index (χ0) is 13.8. The van der Waals surface area contributed by atoms with Crippen LogP contribution >= 0.6 is 0 Å². The zero-order valence-electron chi connectivity index (χ0n) is 11.5. The van der Waals surface area contributed by atoms with Crippen molar-refractivity contribution >= 4 is 11.7 Å². The van der Waals surface area contributed by atoms with Crippen molar-refractivity contribution in [2.24, 2.45) is 0 Å². The van der Waals surface area contributed by atoms with Crippen molar-refractivity contribution in [3.05, 3.63) is 29.8 Å². The molecule has 18 heavy (non-hydrogen) atoms. The van der Waals surface area contributed by atoms with Crippen LogP contribution in [-0.4, -0.2) is 36.2 Å². The zero-order valence-corrected chi connectivity index (χ0v) is 11.5. The van der Waals surface area contributed by atoms with Gasteiger partial charge in [0.15, 0.2) is 0 Å². The van der Waals surface area contributed by atoms with Crippen molar-refractivity contribution in [2.75, 3.05) is 25.5 Å². The molecule has 2 amide bonds. The van der Waals surface area contributed by atoms with E-state index in [4.69, 9.17) is 5.11 Å². The number of carbonyl (C=O) groups excluding carboxylic acids is 1. The number of aliphatic hydroxyl groups is 1. The topological polar surface area (TPSA) is 52.6 Å². The molecule has 0 saturated heterocycles. The van der Waals surface area contributed by atoms with Gasteiger partial charge < -0.3 is 15.3 Å². The predicted molar refractivity (Wildman–Crippen MR) is 73.9 cm³/mol. The summed E-state index contributed by atoms with van der Waals surface area (Å²) in [7, 11) is 1.66. The van der Waals surface area contributed by atoms with E-state index in [9.17, 15) is 4.79 Å². The average Bonchev–Trinajstić information content (AvgIpc) is 2.28. The van der Waals surface area contributed by atoms with Crippen LogP contribution in [0.25, 0.3) is 0 Å². The third-order valence-electron chi connectivity index (χ3n) is 2.76. The van der Waals surface area contributed by atoms with Crippen LogP contribution in [0.5, 0.6) is 0 Å². The lowest BCUT2D eigenvalue weighted by atomic mass is 9.86. The summed E-state index contributed by atoms with van der Waals surface area (Å²) in [5.74, 6) is 0. The Balaban J connectivity index is 2.88. The fraction of sp³-hybridized carbons (Fsp3) is 0.500. The van der Waals surface area contributed by atoms with E-state index in [2.05, 4.69) is 26.1 Å². The Kier molecular flexibility index (Phi) is 4.73. The van der Waals surface area contributed by atoms with Gasteiger partial charge in [0.05, 0.1) is 6.61 Å². The second-order valence-corrected chi connectivity index (χ2v) is 5.37. The van der Waals surface area contributed by atoms with Gasteiger partial charge in [0, 0.05) is 19.3 Å². The second-order valence-electron chi connectivity index (χ2n) is 5.37. The van der Waals surface area contributed by atoms with E-state index in [0.717, 1.165) is 11.3 Å². The Morgan fingerprint density at radius 3 is 2.50 bits per heavy atom. The molecule has 1 aromatic rings. The van der Waals surface area contributed by atoms with E-state index in [1.165, 1.54) is 4.90 Å². The summed E-state index contributed by atoms with van der Waals surface area (Å²) in [5, 5.41) is 11.7. The summed E-state index contributed by atoms with van der Waals surface area (Å²) < 4.78 is 0. The van der Waals surface area contributed by atoms with Gasteiger partial charge in [-0.3, -0.25) is 0 Å². The summed E-state index contributed by atoms with van der Waals surface area (Å²) in [4.78, 5) is 13.3. The van der Waals surface area contributed by atoms with Crippen molar-refractivity contribution in [3.63, 3.8) is 0 Å². The highest BCUT2D eigenvalue weighted by atomic mass is 16.3. The number of carbonyl (C=O) groups is 1. The van der Waals surface area contributed by atoms with Crippen LogP contribution in [0.3, 0.4) is 0 Å². The SMILES string of the molecule is CN(CCO)C(=O)Nc1ccccc1C(C)(C)C. The Morgan fingerprint density at radius 2 is 1.94 bits per heavy atom. The molecular weight excluding hydrogens is 228 g/mol. The molecule has 0 radical (unpaired) electrons. The Hall–Kier alpha value is -1.55. The first-order valence-electron chi connectivity index (χ1n) is 6.08. The van der Waals surface area contributed by atoms with Gasteiger partial charge in [-0.25, -0.2) is 4.79 Å². The van der Waals surface area contributed by atoms with Gasteiger partial charge in [-0.05, 0) is 17.0 Å². The summed E-state index contributed by atoms with van der Waals surface area (Å²) in [6.07, 6.45) is 0. The molecule has 2 N–H and O–H groups in total. The molecule has 0 atom stereocenters. The van der Waals surface area contributed by atoms with E-state index >= 15 is 0 Å². The van der Waals surface area contributed by atoms with Crippen molar-refractivity contribution < 1.29 is 9.90 Å². The molecule has 0 heterocycles. The first-order chi connectivity index (χ1) is 8.36. The van der Waals surface area contributed by atoms with E-state index in [0.29, 0.717) is 6.54 Å². The van der Waals surface area contributed by atoms with Gasteiger partial charge in [0.25, 0.3) is 0 Å². The first-order valence-corrected chi connectivity index (χ1v) is 6.08. The Bertz CT molecular complexity index is 411. The molecule has 0 bridgehead atoms. The number of anilines is 1. The maximum Gasteiger partial charge on any atom is 0.321 e. The minimum atomic E-state index is -0.208. The van der Waals surface area contributed by atoms with Crippen LogP contribution in [0.4, 0.5) is 10.5 Å². The third-order valence-corrected chi connectivity index (χ3v) is 2.76. The standard InChI is InChI=1S/C14H22N2O2/c1-14(2,3)11-7-5-6-8-12(11)15-13(18)16(4)9-10-17/h5-8,17H,9-10H2,1-4H3,(H,15,18). The monoisotopic (exact) mass is 250 g/mol. The highest BCUT2D eigenvalue weighted by Gasteiger charge is 2.19. The molecule has 1 aromatic carbocycles. The number of amides is 2. The lowest BCUT2D eigenvalue weighted by molar-refractivity contribution is 0.202. The maximum atomic E-state index is 11.9. The number of nitrogens with zero attached hydrogens (tertiary/aromatic N) is 1. The van der Waals surface area contributed by atoms with Gasteiger partial charge in [0.2, 0.25) is 0 Å². The van der Waals surface area contributed by atoms with Crippen LogP contribution in [0.1, 0.15) is 26.3 Å². The minimum absolute atomic E-state index is 0.0283. The van der Waals surface area contributed by atoms with Gasteiger partial charge in [-0.15, -0.1) is 0 Å². The second kappa shape index (κ2) is 5.87. The molecule has 0 aromatic heterocycles. The molecule has 0 unspecified atom stereocenters. The van der Waals surface area contributed by atoms with Crippen molar-refractivity contribution in [1.82, 2.24) is 4.90 Å². The van der Waals surface area contributed by atoms with E-state index < -0.39 is 0 Å². The lowest BCUT2D eigenvalue weighted by Crippen LogP contribution is -2.34. The van der Waals surface area contributed by atoms with E-state index in [1.807, 2.05) is 24.3 Å². The first kappa shape index (κ1) is 14.5. The molecule has 4 nitrogen and oxygen atoms in total. The normalized spacial score (nSPS) is 11.2. The van der Waals surface area contributed by atoms with Crippen molar-refractivity contribution in [1.29, 1.82) is 0 Å². The fourth-order valence-electron chi connectivity index (χ4n) is 1.71. The number of rotatable bonds is 3. The van der Waals surface area contributed by atoms with Gasteiger partial charge in [-0.2, -0.15) is 0 Å². The largest absolute Gasteiger partial charge is 0.395 e. The molecule has 1 rings (SSSR count). The maximum absolute atomic E-state index is 11.9. The van der Waals surface area contributed by atoms with Crippen LogP contribution in [0.15, 0.2) is 24.3 Å². The number of likely N-dealkylation sites (N-methyl/N-ethyl adjacent to an activating group) is 1. The predicted octanol–water partition coefficient (Wildman–Crippen LogP) is 2.44. The third kappa shape index (κ3) is 3.74. The van der Waals surface area contributed by atoms with Crippen LogP contribution in [-0.2, 0) is 5.41 Å². The number of nitrogens with one attached hydrogen (secondary N) is 1. The number of urea groups is 1. The van der Waals surface area contributed by atoms with Crippen LogP contribution in [0.2, 0.25) is 0 Å². The van der Waals surface area contributed by atoms with Gasteiger partial charge in [-0.1, -0.05) is 39.0 Å². The molecule has 4 heteroatoms. The lowest BCUT2D eigenvalue weighted by Gasteiger charge is -2.24. The highest BCUT2D eigenvalue weighted by molar-refractivity contribution is 5.90. The van der Waals surface area contributed by atoms with Crippen LogP contribution < -0.4 is 5.32 Å². The van der Waals surface area contributed by atoms with Gasteiger partial charge in [0.1, 0.15) is 0 Å². The Morgan fingerprint density at radius 1 is 1.33 bits per heavy atom. The number of hydrogen-bond donors (Lipinski definition) is 2. The number of hydrogen-bond acceptors (Lipinski definition) is 2. The molecule has 0 aliphatic carbocycles. The summed E-state index contributed by atoms with van der Waals surface area (Å²) in [6.45, 7) is 6.61. The molecule has 0 aliphatic heterocycles. The summed E-state index contributed by atoms with van der Waals surface area (Å²) in [6, 6.07) is 7.57. The average molecular weight is 250 g/mol. The molecule has 0 saturated carbocycles. The molecule has 0 fully saturated rings. The number of para-hydroxylation sites is 1. The smallest absolute Gasteiger partial charge is 0.321 e. The van der Waals surface area contributed by atoms with E-state index in [-0.39, 0.29) is 18.1 Å². The molecule has 0 aliphatic rings. The fourth-order valence-corrected chi connectivity index (χ4v) is 1.71. The summed E-state index contributed by atoms with van der Waals surface area (Å²) >= 11 is 0. The van der Waals surface area contributed by atoms with E-state index in [1.54, 1.807) is 7.05 Å². The molecule has 0 spiro atoms. The number of aliphatic hydroxyl groups excluding tert-OH is 1. The summed E-state index contributed by atoms with van der Waals surface area (Å²) in [5.41, 5.74) is 1.88. The number of benzene rings is 1. The Labute approximate surface area is 109 Å². The quantitative estimate of drug-likeness (QED) is 0.865. The molecule has 100 valence electrons. The van der Waals surface area contributed by atoms with Crippen LogP contribution in [0, 0.1) is 0 Å². The van der Waals surface area contributed by atoms with Gasteiger partial charge >= 0.3 is 6.03 Å². The minimum Gasteiger partial charge on any atom is -0.395 e.